The third-order valence-electron chi connectivity index (χ3n) is 1.15. The first-order valence-electron chi connectivity index (χ1n) is 3.65. The highest BCUT2D eigenvalue weighted by Gasteiger charge is 1.99. The molecular formula is C7H10ClN3O. The zero-order valence-electron chi connectivity index (χ0n) is 6.75. The molecule has 1 heterocycles. The van der Waals surface area contributed by atoms with Crippen LogP contribution in [-0.4, -0.2) is 16.6 Å². The molecule has 0 aliphatic carbocycles. The fraction of sp³-hybridized carbons (Fsp3) is 0.429. The Labute approximate surface area is 75.7 Å². The van der Waals surface area contributed by atoms with E-state index in [4.69, 9.17) is 22.1 Å². The minimum Gasteiger partial charge on any atom is -0.478 e. The molecule has 5 heteroatoms. The van der Waals surface area contributed by atoms with E-state index in [0.29, 0.717) is 18.3 Å². The van der Waals surface area contributed by atoms with Gasteiger partial charge in [-0.15, -0.1) is 0 Å². The van der Waals surface area contributed by atoms with E-state index in [1.54, 1.807) is 6.07 Å². The standard InChI is InChI=1S/C7H10ClN3O/c1-2-3-12-6-4-5(9)10-7(8)11-6/h4H,2-3H2,1H3,(H2,9,10,11). The van der Waals surface area contributed by atoms with Crippen molar-refractivity contribution in [3.63, 3.8) is 0 Å². The number of nitrogen functional groups attached to an aromatic ring is 1. The van der Waals surface area contributed by atoms with Gasteiger partial charge < -0.3 is 10.5 Å². The normalized spacial score (nSPS) is 9.83. The van der Waals surface area contributed by atoms with E-state index >= 15 is 0 Å². The average molecular weight is 188 g/mol. The monoisotopic (exact) mass is 187 g/mol. The largest absolute Gasteiger partial charge is 0.478 e. The van der Waals surface area contributed by atoms with Crippen LogP contribution in [-0.2, 0) is 0 Å². The zero-order valence-corrected chi connectivity index (χ0v) is 7.51. The number of anilines is 1. The molecular weight excluding hydrogens is 178 g/mol. The quantitative estimate of drug-likeness (QED) is 0.729. The van der Waals surface area contributed by atoms with Gasteiger partial charge in [0, 0.05) is 6.07 Å². The second-order valence-corrected chi connectivity index (χ2v) is 2.59. The van der Waals surface area contributed by atoms with Crippen LogP contribution >= 0.6 is 11.6 Å². The van der Waals surface area contributed by atoms with Gasteiger partial charge >= 0.3 is 0 Å². The van der Waals surface area contributed by atoms with E-state index in [2.05, 4.69) is 9.97 Å². The summed E-state index contributed by atoms with van der Waals surface area (Å²) < 4.78 is 5.20. The van der Waals surface area contributed by atoms with Crippen LogP contribution in [0.5, 0.6) is 5.88 Å². The van der Waals surface area contributed by atoms with Crippen molar-refractivity contribution in [1.82, 2.24) is 9.97 Å². The van der Waals surface area contributed by atoms with Crippen molar-refractivity contribution < 1.29 is 4.74 Å². The molecule has 0 aliphatic heterocycles. The molecule has 4 nitrogen and oxygen atoms in total. The van der Waals surface area contributed by atoms with Crippen molar-refractivity contribution >= 4 is 17.4 Å². The van der Waals surface area contributed by atoms with Crippen molar-refractivity contribution in [2.45, 2.75) is 13.3 Å². The minimum absolute atomic E-state index is 0.112. The summed E-state index contributed by atoms with van der Waals surface area (Å²) in [5.41, 5.74) is 5.42. The molecule has 0 unspecified atom stereocenters. The Kier molecular flexibility index (Phi) is 3.10. The third-order valence-corrected chi connectivity index (χ3v) is 1.32. The summed E-state index contributed by atoms with van der Waals surface area (Å²) >= 11 is 5.55. The van der Waals surface area contributed by atoms with Crippen LogP contribution in [0, 0.1) is 0 Å². The molecule has 0 spiro atoms. The first kappa shape index (κ1) is 9.06. The van der Waals surface area contributed by atoms with Gasteiger partial charge in [-0.25, -0.2) is 4.98 Å². The summed E-state index contributed by atoms with van der Waals surface area (Å²) in [6.45, 7) is 2.61. The maximum absolute atomic E-state index is 5.55. The van der Waals surface area contributed by atoms with E-state index in [0.717, 1.165) is 6.42 Å². The Bertz CT molecular complexity index is 247. The number of hydrogen-bond donors (Lipinski definition) is 1. The molecule has 0 radical (unpaired) electrons. The first-order valence-corrected chi connectivity index (χ1v) is 4.03. The van der Waals surface area contributed by atoms with E-state index < -0.39 is 0 Å². The number of ether oxygens (including phenoxy) is 1. The third kappa shape index (κ3) is 2.54. The smallest absolute Gasteiger partial charge is 0.227 e. The molecule has 66 valence electrons. The van der Waals surface area contributed by atoms with E-state index in [1.807, 2.05) is 6.92 Å². The highest BCUT2D eigenvalue weighted by molar-refractivity contribution is 6.28. The zero-order chi connectivity index (χ0) is 8.97. The Morgan fingerprint density at radius 1 is 1.58 bits per heavy atom. The van der Waals surface area contributed by atoms with Crippen molar-refractivity contribution in [1.29, 1.82) is 0 Å². The van der Waals surface area contributed by atoms with Crippen molar-refractivity contribution in [2.24, 2.45) is 0 Å². The molecule has 0 fully saturated rings. The predicted molar refractivity (Wildman–Crippen MR) is 47.2 cm³/mol. The Morgan fingerprint density at radius 2 is 2.33 bits per heavy atom. The summed E-state index contributed by atoms with van der Waals surface area (Å²) in [5.74, 6) is 0.746. The summed E-state index contributed by atoms with van der Waals surface area (Å²) in [6, 6.07) is 1.54. The van der Waals surface area contributed by atoms with Gasteiger partial charge in [0.05, 0.1) is 6.61 Å². The molecule has 0 saturated carbocycles. The van der Waals surface area contributed by atoms with Crippen molar-refractivity contribution in [3.8, 4) is 5.88 Å². The van der Waals surface area contributed by atoms with Gasteiger partial charge in [-0.3, -0.25) is 0 Å². The predicted octanol–water partition coefficient (Wildman–Crippen LogP) is 1.50. The van der Waals surface area contributed by atoms with Crippen LogP contribution in [0.2, 0.25) is 5.28 Å². The number of nitrogens with zero attached hydrogens (tertiary/aromatic N) is 2. The minimum atomic E-state index is 0.112. The first-order chi connectivity index (χ1) is 5.72. The fourth-order valence-corrected chi connectivity index (χ4v) is 0.875. The maximum atomic E-state index is 5.55. The average Bonchev–Trinajstić information content (AvgIpc) is 1.99. The van der Waals surface area contributed by atoms with Gasteiger partial charge in [0.2, 0.25) is 11.2 Å². The van der Waals surface area contributed by atoms with Gasteiger partial charge in [0.1, 0.15) is 5.82 Å². The van der Waals surface area contributed by atoms with E-state index in [-0.39, 0.29) is 5.28 Å². The molecule has 0 aromatic carbocycles. The lowest BCUT2D eigenvalue weighted by Crippen LogP contribution is -2.00. The molecule has 12 heavy (non-hydrogen) atoms. The second-order valence-electron chi connectivity index (χ2n) is 2.25. The van der Waals surface area contributed by atoms with Gasteiger partial charge in [0.15, 0.2) is 0 Å². The summed E-state index contributed by atoms with van der Waals surface area (Å²) in [6.07, 6.45) is 0.918. The van der Waals surface area contributed by atoms with Gasteiger partial charge in [-0.1, -0.05) is 6.92 Å². The fourth-order valence-electron chi connectivity index (χ4n) is 0.694. The highest BCUT2D eigenvalue weighted by atomic mass is 35.5. The highest BCUT2D eigenvalue weighted by Crippen LogP contribution is 2.13. The van der Waals surface area contributed by atoms with Crippen LogP contribution in [0.15, 0.2) is 6.07 Å². The second kappa shape index (κ2) is 4.11. The summed E-state index contributed by atoms with van der Waals surface area (Å²) in [5, 5.41) is 0.112. The number of hydrogen-bond acceptors (Lipinski definition) is 4. The van der Waals surface area contributed by atoms with Gasteiger partial charge in [-0.05, 0) is 18.0 Å². The van der Waals surface area contributed by atoms with Crippen LogP contribution in [0.4, 0.5) is 5.82 Å². The molecule has 0 amide bonds. The molecule has 1 aromatic heterocycles. The lowest BCUT2D eigenvalue weighted by atomic mass is 10.5. The maximum Gasteiger partial charge on any atom is 0.227 e. The van der Waals surface area contributed by atoms with Crippen molar-refractivity contribution in [2.75, 3.05) is 12.3 Å². The lowest BCUT2D eigenvalue weighted by molar-refractivity contribution is 0.305. The summed E-state index contributed by atoms with van der Waals surface area (Å²) in [7, 11) is 0. The molecule has 1 aromatic rings. The van der Waals surface area contributed by atoms with Gasteiger partial charge in [0.25, 0.3) is 0 Å². The van der Waals surface area contributed by atoms with Gasteiger partial charge in [-0.2, -0.15) is 4.98 Å². The van der Waals surface area contributed by atoms with Crippen molar-refractivity contribution in [3.05, 3.63) is 11.3 Å². The summed E-state index contributed by atoms with van der Waals surface area (Å²) in [4.78, 5) is 7.52. The lowest BCUT2D eigenvalue weighted by Gasteiger charge is -2.03. The Morgan fingerprint density at radius 3 is 2.92 bits per heavy atom. The van der Waals surface area contributed by atoms with E-state index in [1.165, 1.54) is 0 Å². The number of rotatable bonds is 3. The molecule has 0 bridgehead atoms. The number of aromatic nitrogens is 2. The SMILES string of the molecule is CCCOc1cc(N)nc(Cl)n1. The molecule has 0 saturated heterocycles. The van der Waals surface area contributed by atoms with E-state index in [9.17, 15) is 0 Å². The number of halogens is 1. The molecule has 0 atom stereocenters. The van der Waals surface area contributed by atoms with Crippen LogP contribution in [0.25, 0.3) is 0 Å². The number of nitrogens with two attached hydrogens (primary N) is 1. The topological polar surface area (TPSA) is 61.0 Å². The van der Waals surface area contributed by atoms with Crippen LogP contribution < -0.4 is 10.5 Å². The molecule has 0 aliphatic rings. The van der Waals surface area contributed by atoms with Crippen LogP contribution in [0.1, 0.15) is 13.3 Å². The Balaban J connectivity index is 2.72. The molecule has 2 N–H and O–H groups in total. The Hall–Kier alpha value is -1.03. The molecule has 1 rings (SSSR count). The van der Waals surface area contributed by atoms with Crippen LogP contribution in [0.3, 0.4) is 0 Å².